The molecule has 4 heteroatoms. The summed E-state index contributed by atoms with van der Waals surface area (Å²) in [6.45, 7) is 2.02. The van der Waals surface area contributed by atoms with Gasteiger partial charge in [0, 0.05) is 4.47 Å². The molecule has 18 heavy (non-hydrogen) atoms. The van der Waals surface area contributed by atoms with Gasteiger partial charge in [-0.15, -0.1) is 0 Å². The molecule has 90 valence electrons. The van der Waals surface area contributed by atoms with E-state index in [0.29, 0.717) is 9.86 Å². The van der Waals surface area contributed by atoms with Crippen LogP contribution < -0.4 is 0 Å². The molecule has 3 rings (SSSR count). The zero-order valence-electron chi connectivity index (χ0n) is 9.69. The van der Waals surface area contributed by atoms with E-state index in [0.717, 1.165) is 16.8 Å². The first kappa shape index (κ1) is 11.4. The Labute approximate surface area is 112 Å². The molecule has 0 amide bonds. The lowest BCUT2D eigenvalue weighted by Gasteiger charge is -2.05. The van der Waals surface area contributed by atoms with Crippen LogP contribution in [0.15, 0.2) is 47.1 Å². The molecule has 1 aromatic heterocycles. The van der Waals surface area contributed by atoms with Gasteiger partial charge in [-0.25, -0.2) is 9.07 Å². The monoisotopic (exact) mass is 304 g/mol. The van der Waals surface area contributed by atoms with Gasteiger partial charge in [0.2, 0.25) is 0 Å². The van der Waals surface area contributed by atoms with Gasteiger partial charge in [-0.05, 0) is 36.8 Å². The number of nitrogens with zero attached hydrogens (tertiary/aromatic N) is 2. The molecule has 0 aliphatic carbocycles. The van der Waals surface area contributed by atoms with Crippen molar-refractivity contribution in [3.05, 3.63) is 58.4 Å². The maximum atomic E-state index is 13.8. The molecule has 0 spiro atoms. The van der Waals surface area contributed by atoms with Gasteiger partial charge < -0.3 is 0 Å². The normalized spacial score (nSPS) is 11.1. The molecule has 0 aliphatic heterocycles. The third kappa shape index (κ3) is 1.82. The summed E-state index contributed by atoms with van der Waals surface area (Å²) in [5, 5.41) is 4.79. The van der Waals surface area contributed by atoms with E-state index in [1.165, 1.54) is 6.07 Å². The number of fused-ring (bicyclic) bond motifs is 1. The Hall–Kier alpha value is -1.68. The van der Waals surface area contributed by atoms with Crippen LogP contribution in [0.25, 0.3) is 16.6 Å². The molecule has 1 heterocycles. The van der Waals surface area contributed by atoms with E-state index < -0.39 is 0 Å². The topological polar surface area (TPSA) is 17.8 Å². The second-order valence-corrected chi connectivity index (χ2v) is 5.13. The smallest absolute Gasteiger partial charge is 0.135 e. The number of aromatic nitrogens is 2. The zero-order chi connectivity index (χ0) is 12.7. The summed E-state index contributed by atoms with van der Waals surface area (Å²) in [5.74, 6) is -0.265. The molecule has 0 unspecified atom stereocenters. The van der Waals surface area contributed by atoms with E-state index in [2.05, 4.69) is 21.0 Å². The third-order valence-corrected chi connectivity index (χ3v) is 3.31. The number of aryl methyl sites for hydroxylation is 1. The van der Waals surface area contributed by atoms with Gasteiger partial charge in [0.15, 0.2) is 0 Å². The van der Waals surface area contributed by atoms with Crippen LogP contribution in [0.4, 0.5) is 4.39 Å². The fourth-order valence-electron chi connectivity index (χ4n) is 2.02. The summed E-state index contributed by atoms with van der Waals surface area (Å²) in [4.78, 5) is 0. The van der Waals surface area contributed by atoms with Gasteiger partial charge in [-0.2, -0.15) is 5.10 Å². The number of rotatable bonds is 1. The van der Waals surface area contributed by atoms with Gasteiger partial charge in [-0.1, -0.05) is 28.1 Å². The van der Waals surface area contributed by atoms with E-state index in [9.17, 15) is 4.39 Å². The first-order valence-corrected chi connectivity index (χ1v) is 6.34. The lowest BCUT2D eigenvalue weighted by molar-refractivity contribution is 0.639. The molecule has 0 bridgehead atoms. The van der Waals surface area contributed by atoms with Gasteiger partial charge in [0.25, 0.3) is 0 Å². The highest BCUT2D eigenvalue weighted by Crippen LogP contribution is 2.25. The summed E-state index contributed by atoms with van der Waals surface area (Å²) in [7, 11) is 0. The molecule has 0 N–H and O–H groups in total. The summed E-state index contributed by atoms with van der Waals surface area (Å²) < 4.78 is 16.2. The fourth-order valence-corrected chi connectivity index (χ4v) is 2.44. The first-order valence-electron chi connectivity index (χ1n) is 5.55. The summed E-state index contributed by atoms with van der Waals surface area (Å²) in [6, 6.07) is 11.3. The Kier molecular flexibility index (Phi) is 2.67. The molecule has 0 fully saturated rings. The molecule has 0 saturated heterocycles. The summed E-state index contributed by atoms with van der Waals surface area (Å²) in [6.07, 6.45) is 1.56. The van der Waals surface area contributed by atoms with Crippen LogP contribution in [0, 0.1) is 12.7 Å². The third-order valence-electron chi connectivity index (χ3n) is 2.85. The Morgan fingerprint density at radius 1 is 1.22 bits per heavy atom. The number of hydrogen-bond donors (Lipinski definition) is 0. The van der Waals surface area contributed by atoms with Crippen LogP contribution in [0.1, 0.15) is 5.56 Å². The Bertz CT molecular complexity index is 734. The largest absolute Gasteiger partial charge is 0.233 e. The molecule has 0 radical (unpaired) electrons. The highest BCUT2D eigenvalue weighted by Gasteiger charge is 2.10. The van der Waals surface area contributed by atoms with Crippen molar-refractivity contribution in [1.82, 2.24) is 9.78 Å². The van der Waals surface area contributed by atoms with Gasteiger partial charge in [0.05, 0.1) is 22.8 Å². The molecule has 2 aromatic carbocycles. The molecule has 0 aliphatic rings. The molecule has 0 saturated carbocycles. The molecular formula is C14H10BrFN2. The quantitative estimate of drug-likeness (QED) is 0.657. The van der Waals surface area contributed by atoms with Crippen molar-refractivity contribution in [3.8, 4) is 5.69 Å². The highest BCUT2D eigenvalue weighted by atomic mass is 79.9. The number of hydrogen-bond acceptors (Lipinski definition) is 1. The van der Waals surface area contributed by atoms with E-state index >= 15 is 0 Å². The van der Waals surface area contributed by atoms with Gasteiger partial charge in [-0.3, -0.25) is 0 Å². The second-order valence-electron chi connectivity index (χ2n) is 4.22. The van der Waals surface area contributed by atoms with Crippen LogP contribution in [-0.4, -0.2) is 9.78 Å². The lowest BCUT2D eigenvalue weighted by atomic mass is 10.2. The minimum absolute atomic E-state index is 0.265. The van der Waals surface area contributed by atoms with Crippen molar-refractivity contribution in [1.29, 1.82) is 0 Å². The van der Waals surface area contributed by atoms with Crippen LogP contribution in [0.2, 0.25) is 0 Å². The maximum absolute atomic E-state index is 13.8. The maximum Gasteiger partial charge on any atom is 0.135 e. The first-order chi connectivity index (χ1) is 8.65. The lowest BCUT2D eigenvalue weighted by Crippen LogP contribution is -1.96. The minimum atomic E-state index is -0.265. The van der Waals surface area contributed by atoms with E-state index in [4.69, 9.17) is 0 Å². The van der Waals surface area contributed by atoms with Crippen LogP contribution in [-0.2, 0) is 0 Å². The molecule has 3 aromatic rings. The highest BCUT2D eigenvalue weighted by molar-refractivity contribution is 9.10. The van der Waals surface area contributed by atoms with E-state index in [-0.39, 0.29) is 5.82 Å². The van der Waals surface area contributed by atoms with Crippen molar-refractivity contribution in [2.45, 2.75) is 6.92 Å². The average Bonchev–Trinajstić information content (AvgIpc) is 2.72. The van der Waals surface area contributed by atoms with Crippen molar-refractivity contribution >= 4 is 26.8 Å². The minimum Gasteiger partial charge on any atom is -0.233 e. The summed E-state index contributed by atoms with van der Waals surface area (Å²) >= 11 is 3.31. The van der Waals surface area contributed by atoms with Crippen molar-refractivity contribution < 1.29 is 4.39 Å². The number of halogens is 2. The predicted octanol–water partition coefficient (Wildman–Crippen LogP) is 4.24. The van der Waals surface area contributed by atoms with Crippen molar-refractivity contribution in [2.24, 2.45) is 0 Å². The average molecular weight is 305 g/mol. The summed E-state index contributed by atoms with van der Waals surface area (Å²) in [5.41, 5.74) is 2.83. The van der Waals surface area contributed by atoms with Crippen LogP contribution in [0.5, 0.6) is 0 Å². The molecule has 0 atom stereocenters. The fraction of sp³-hybridized carbons (Fsp3) is 0.0714. The van der Waals surface area contributed by atoms with E-state index in [1.54, 1.807) is 10.9 Å². The zero-order valence-corrected chi connectivity index (χ0v) is 11.3. The Morgan fingerprint density at radius 2 is 2.06 bits per heavy atom. The van der Waals surface area contributed by atoms with Crippen LogP contribution in [0.3, 0.4) is 0 Å². The van der Waals surface area contributed by atoms with Gasteiger partial charge >= 0.3 is 0 Å². The second kappa shape index (κ2) is 4.21. The SMILES string of the molecule is Cc1cccc(-n2ncc3c(F)cc(Br)cc32)c1. The van der Waals surface area contributed by atoms with E-state index in [1.807, 2.05) is 37.3 Å². The standard InChI is InChI=1S/C14H10BrFN2/c1-9-3-2-4-11(5-9)18-14-7-10(15)6-13(16)12(14)8-17-18/h2-8H,1H3. The van der Waals surface area contributed by atoms with Crippen molar-refractivity contribution in [3.63, 3.8) is 0 Å². The molecule has 2 nitrogen and oxygen atoms in total. The van der Waals surface area contributed by atoms with Crippen molar-refractivity contribution in [2.75, 3.05) is 0 Å². The predicted molar refractivity (Wildman–Crippen MR) is 73.5 cm³/mol. The Balaban J connectivity index is 2.30. The molecular weight excluding hydrogens is 295 g/mol. The Morgan fingerprint density at radius 3 is 2.83 bits per heavy atom. The van der Waals surface area contributed by atoms with Crippen LogP contribution >= 0.6 is 15.9 Å². The van der Waals surface area contributed by atoms with Gasteiger partial charge in [0.1, 0.15) is 5.82 Å². The number of benzene rings is 2.